The average Bonchev–Trinajstić information content (AvgIpc) is 2.19. The van der Waals surface area contributed by atoms with Crippen LogP contribution < -0.4 is 5.73 Å². The Morgan fingerprint density at radius 3 is 2.41 bits per heavy atom. The van der Waals surface area contributed by atoms with Crippen LogP contribution in [0.3, 0.4) is 0 Å². The first-order valence-electron chi connectivity index (χ1n) is 6.07. The van der Waals surface area contributed by atoms with E-state index in [-0.39, 0.29) is 18.6 Å². The Balaban J connectivity index is 2.88. The number of hydrogen-bond acceptors (Lipinski definition) is 3. The first kappa shape index (κ1) is 14.4. The summed E-state index contributed by atoms with van der Waals surface area (Å²) in [6.07, 6.45) is 1.46. The molecular formula is C12H22N2O2S. The van der Waals surface area contributed by atoms with E-state index in [1.807, 2.05) is 13.8 Å². The second kappa shape index (κ2) is 5.31. The lowest BCUT2D eigenvalue weighted by Crippen LogP contribution is -2.58. The van der Waals surface area contributed by atoms with Gasteiger partial charge < -0.3 is 15.7 Å². The quantitative estimate of drug-likeness (QED) is 0.720. The van der Waals surface area contributed by atoms with Crippen molar-refractivity contribution in [2.75, 3.05) is 13.2 Å². The van der Waals surface area contributed by atoms with Gasteiger partial charge >= 0.3 is 0 Å². The van der Waals surface area contributed by atoms with Crippen molar-refractivity contribution in [3.8, 4) is 0 Å². The van der Waals surface area contributed by atoms with E-state index in [4.69, 9.17) is 23.1 Å². The Morgan fingerprint density at radius 1 is 1.59 bits per heavy atom. The number of nitrogens with zero attached hydrogens (tertiary/aromatic N) is 1. The van der Waals surface area contributed by atoms with E-state index in [2.05, 4.69) is 6.92 Å². The molecule has 0 spiro atoms. The van der Waals surface area contributed by atoms with Gasteiger partial charge in [-0.3, -0.25) is 4.79 Å². The van der Waals surface area contributed by atoms with E-state index in [9.17, 15) is 4.79 Å². The monoisotopic (exact) mass is 258 g/mol. The summed E-state index contributed by atoms with van der Waals surface area (Å²) in [7, 11) is 0. The standard InChI is InChI=1S/C12H22N2O2S/c1-8(2)14(4-5-15)11(16)12(10(13)17)6-9(3)7-12/h8-9,15H,4-7H2,1-3H3,(H2,13,17). The van der Waals surface area contributed by atoms with Gasteiger partial charge in [-0.25, -0.2) is 0 Å². The summed E-state index contributed by atoms with van der Waals surface area (Å²) in [4.78, 5) is 14.5. The molecule has 0 heterocycles. The number of carbonyl (C=O) groups is 1. The number of aliphatic hydroxyl groups excluding tert-OH is 1. The van der Waals surface area contributed by atoms with E-state index in [1.54, 1.807) is 4.90 Å². The van der Waals surface area contributed by atoms with Crippen molar-refractivity contribution in [2.24, 2.45) is 17.1 Å². The number of rotatable bonds is 5. The normalized spacial score (nSPS) is 27.7. The third-order valence-electron chi connectivity index (χ3n) is 3.50. The predicted octanol–water partition coefficient (Wildman–Crippen LogP) is 0.918. The van der Waals surface area contributed by atoms with Gasteiger partial charge in [0.15, 0.2) is 0 Å². The highest BCUT2D eigenvalue weighted by atomic mass is 32.1. The molecule has 1 fully saturated rings. The highest BCUT2D eigenvalue weighted by Crippen LogP contribution is 2.47. The SMILES string of the molecule is CC1CC(C(=O)N(CCO)C(C)C)(C(N)=S)C1. The molecule has 4 nitrogen and oxygen atoms in total. The maximum atomic E-state index is 12.5. The zero-order chi connectivity index (χ0) is 13.2. The first-order chi connectivity index (χ1) is 7.85. The largest absolute Gasteiger partial charge is 0.395 e. The number of nitrogens with two attached hydrogens (primary N) is 1. The molecule has 1 aliphatic carbocycles. The molecule has 0 aromatic rings. The molecule has 0 aliphatic heterocycles. The van der Waals surface area contributed by atoms with Gasteiger partial charge in [-0.15, -0.1) is 0 Å². The summed E-state index contributed by atoms with van der Waals surface area (Å²) < 4.78 is 0. The van der Waals surface area contributed by atoms with Crippen LogP contribution in [0, 0.1) is 11.3 Å². The Hall–Kier alpha value is -0.680. The van der Waals surface area contributed by atoms with E-state index in [0.29, 0.717) is 17.5 Å². The lowest BCUT2D eigenvalue weighted by atomic mass is 9.61. The van der Waals surface area contributed by atoms with Gasteiger partial charge in [0.1, 0.15) is 0 Å². The Bertz CT molecular complexity index is 312. The van der Waals surface area contributed by atoms with E-state index >= 15 is 0 Å². The van der Waals surface area contributed by atoms with E-state index in [1.165, 1.54) is 0 Å². The van der Waals surface area contributed by atoms with Crippen LogP contribution in [0.25, 0.3) is 0 Å². The van der Waals surface area contributed by atoms with Crippen molar-refractivity contribution in [2.45, 2.75) is 39.7 Å². The zero-order valence-corrected chi connectivity index (χ0v) is 11.6. The lowest BCUT2D eigenvalue weighted by molar-refractivity contribution is -0.146. The highest BCUT2D eigenvalue weighted by Gasteiger charge is 2.52. The number of aliphatic hydroxyl groups is 1. The molecule has 17 heavy (non-hydrogen) atoms. The van der Waals surface area contributed by atoms with Crippen LogP contribution in [-0.4, -0.2) is 40.1 Å². The van der Waals surface area contributed by atoms with Gasteiger partial charge in [0.2, 0.25) is 5.91 Å². The van der Waals surface area contributed by atoms with Gasteiger partial charge in [-0.2, -0.15) is 0 Å². The van der Waals surface area contributed by atoms with Gasteiger partial charge in [0.05, 0.1) is 17.0 Å². The van der Waals surface area contributed by atoms with Gasteiger partial charge in [0.25, 0.3) is 0 Å². The summed E-state index contributed by atoms with van der Waals surface area (Å²) in [6.45, 7) is 6.27. The molecule has 0 bridgehead atoms. The van der Waals surface area contributed by atoms with Crippen molar-refractivity contribution in [1.82, 2.24) is 4.90 Å². The minimum absolute atomic E-state index is 0.0212. The van der Waals surface area contributed by atoms with Crippen molar-refractivity contribution in [3.05, 3.63) is 0 Å². The highest BCUT2D eigenvalue weighted by molar-refractivity contribution is 7.80. The average molecular weight is 258 g/mol. The molecule has 0 aromatic carbocycles. The molecule has 5 heteroatoms. The predicted molar refractivity (Wildman–Crippen MR) is 71.6 cm³/mol. The van der Waals surface area contributed by atoms with Gasteiger partial charge in [-0.1, -0.05) is 19.1 Å². The second-order valence-electron chi connectivity index (χ2n) is 5.28. The molecule has 98 valence electrons. The molecule has 0 saturated heterocycles. The lowest BCUT2D eigenvalue weighted by Gasteiger charge is -2.47. The number of thiocarbonyl (C=S) groups is 1. The minimum atomic E-state index is -0.659. The smallest absolute Gasteiger partial charge is 0.235 e. The summed E-state index contributed by atoms with van der Waals surface area (Å²) >= 11 is 5.07. The molecule has 1 aliphatic rings. The number of carbonyl (C=O) groups excluding carboxylic acids is 1. The summed E-state index contributed by atoms with van der Waals surface area (Å²) in [5, 5.41) is 9.02. The molecule has 3 N–H and O–H groups in total. The van der Waals surface area contributed by atoms with Crippen LogP contribution in [0.15, 0.2) is 0 Å². The molecule has 1 saturated carbocycles. The molecule has 1 amide bonds. The Kier molecular flexibility index (Phi) is 4.49. The molecule has 0 radical (unpaired) electrons. The molecule has 0 atom stereocenters. The topological polar surface area (TPSA) is 66.6 Å². The Morgan fingerprint density at radius 2 is 2.12 bits per heavy atom. The molecule has 0 aromatic heterocycles. The maximum absolute atomic E-state index is 12.5. The van der Waals surface area contributed by atoms with Crippen molar-refractivity contribution >= 4 is 23.1 Å². The second-order valence-corrected chi connectivity index (χ2v) is 5.72. The van der Waals surface area contributed by atoms with Crippen LogP contribution in [0.5, 0.6) is 0 Å². The van der Waals surface area contributed by atoms with Crippen molar-refractivity contribution in [3.63, 3.8) is 0 Å². The molecule has 0 unspecified atom stereocenters. The molecular weight excluding hydrogens is 236 g/mol. The summed E-state index contributed by atoms with van der Waals surface area (Å²) in [5.74, 6) is 0.468. The van der Waals surface area contributed by atoms with Crippen molar-refractivity contribution < 1.29 is 9.90 Å². The number of amides is 1. The third kappa shape index (κ3) is 2.60. The molecule has 1 rings (SSSR count). The van der Waals surface area contributed by atoms with E-state index < -0.39 is 5.41 Å². The maximum Gasteiger partial charge on any atom is 0.235 e. The summed E-state index contributed by atoms with van der Waals surface area (Å²) in [5.41, 5.74) is 5.09. The van der Waals surface area contributed by atoms with Crippen LogP contribution in [0.4, 0.5) is 0 Å². The van der Waals surface area contributed by atoms with Crippen LogP contribution in [-0.2, 0) is 4.79 Å². The Labute approximate surface area is 108 Å². The van der Waals surface area contributed by atoms with E-state index in [0.717, 1.165) is 12.8 Å². The summed E-state index contributed by atoms with van der Waals surface area (Å²) in [6, 6.07) is 0.0526. The van der Waals surface area contributed by atoms with Crippen LogP contribution in [0.2, 0.25) is 0 Å². The first-order valence-corrected chi connectivity index (χ1v) is 6.48. The fourth-order valence-electron chi connectivity index (χ4n) is 2.59. The van der Waals surface area contributed by atoms with Crippen LogP contribution >= 0.6 is 12.2 Å². The van der Waals surface area contributed by atoms with Crippen LogP contribution in [0.1, 0.15) is 33.6 Å². The minimum Gasteiger partial charge on any atom is -0.395 e. The zero-order valence-electron chi connectivity index (χ0n) is 10.8. The fraction of sp³-hybridized carbons (Fsp3) is 0.833. The van der Waals surface area contributed by atoms with Gasteiger partial charge in [-0.05, 0) is 32.6 Å². The fourth-order valence-corrected chi connectivity index (χ4v) is 2.84. The van der Waals surface area contributed by atoms with Gasteiger partial charge in [0, 0.05) is 12.6 Å². The number of hydrogen-bond donors (Lipinski definition) is 2. The third-order valence-corrected chi connectivity index (χ3v) is 3.89. The van der Waals surface area contributed by atoms with Crippen molar-refractivity contribution in [1.29, 1.82) is 0 Å².